The highest BCUT2D eigenvalue weighted by Gasteiger charge is 2.24. The molecule has 0 aromatic heterocycles. The molecule has 0 bridgehead atoms. The molecule has 3 heteroatoms. The van der Waals surface area contributed by atoms with E-state index in [4.69, 9.17) is 0 Å². The van der Waals surface area contributed by atoms with Crippen LogP contribution in [0.1, 0.15) is 48.2 Å². The average Bonchev–Trinajstić information content (AvgIpc) is 2.47. The Morgan fingerprint density at radius 2 is 1.95 bits per heavy atom. The van der Waals surface area contributed by atoms with Crippen molar-refractivity contribution < 1.29 is 4.79 Å². The Morgan fingerprint density at radius 1 is 1.29 bits per heavy atom. The minimum Gasteiger partial charge on any atom is -0.336 e. The third kappa shape index (κ3) is 4.07. The lowest BCUT2D eigenvalue weighted by Crippen LogP contribution is -2.43. The van der Waals surface area contributed by atoms with Gasteiger partial charge in [-0.1, -0.05) is 17.7 Å². The van der Waals surface area contributed by atoms with E-state index in [0.29, 0.717) is 5.92 Å². The molecule has 21 heavy (non-hydrogen) atoms. The van der Waals surface area contributed by atoms with Crippen LogP contribution in [-0.2, 0) is 0 Å². The molecule has 0 aliphatic carbocycles. The zero-order valence-electron chi connectivity index (χ0n) is 13.8. The molecule has 1 amide bonds. The average molecular weight is 288 g/mol. The molecule has 0 atom stereocenters. The third-order valence-electron chi connectivity index (χ3n) is 4.42. The highest BCUT2D eigenvalue weighted by Crippen LogP contribution is 2.19. The van der Waals surface area contributed by atoms with E-state index in [1.807, 2.05) is 26.0 Å². The number of piperidine rings is 1. The van der Waals surface area contributed by atoms with Gasteiger partial charge in [0.05, 0.1) is 0 Å². The largest absolute Gasteiger partial charge is 0.336 e. The second kappa shape index (κ2) is 7.08. The topological polar surface area (TPSA) is 32.3 Å². The second-order valence-electron chi connectivity index (χ2n) is 6.56. The smallest absolute Gasteiger partial charge is 0.254 e. The highest BCUT2D eigenvalue weighted by molar-refractivity contribution is 5.96. The van der Waals surface area contributed by atoms with Crippen LogP contribution in [0, 0.1) is 19.8 Å². The fourth-order valence-corrected chi connectivity index (χ4v) is 2.99. The third-order valence-corrected chi connectivity index (χ3v) is 4.42. The van der Waals surface area contributed by atoms with E-state index < -0.39 is 0 Å². The summed E-state index contributed by atoms with van der Waals surface area (Å²) in [6.07, 6.45) is 2.34. The molecule has 1 heterocycles. The quantitative estimate of drug-likeness (QED) is 0.923. The van der Waals surface area contributed by atoms with Gasteiger partial charge in [-0.25, -0.2) is 0 Å². The molecule has 0 radical (unpaired) electrons. The lowest BCUT2D eigenvalue weighted by Gasteiger charge is -2.33. The first kappa shape index (κ1) is 16.0. The summed E-state index contributed by atoms with van der Waals surface area (Å²) >= 11 is 0. The maximum atomic E-state index is 12.9. The summed E-state index contributed by atoms with van der Waals surface area (Å²) in [6, 6.07) is 6.38. The van der Waals surface area contributed by atoms with Crippen LogP contribution in [0.5, 0.6) is 0 Å². The summed E-state index contributed by atoms with van der Waals surface area (Å²) < 4.78 is 0. The van der Waals surface area contributed by atoms with Crippen LogP contribution in [0.3, 0.4) is 0 Å². The molecular weight excluding hydrogens is 260 g/mol. The molecular formula is C18H28N2O. The van der Waals surface area contributed by atoms with Gasteiger partial charge >= 0.3 is 0 Å². The zero-order chi connectivity index (χ0) is 15.4. The van der Waals surface area contributed by atoms with Crippen LogP contribution < -0.4 is 5.32 Å². The molecule has 1 fully saturated rings. The molecule has 0 saturated carbocycles. The van der Waals surface area contributed by atoms with Gasteiger partial charge in [0.1, 0.15) is 0 Å². The van der Waals surface area contributed by atoms with E-state index >= 15 is 0 Å². The molecule has 0 unspecified atom stereocenters. The normalized spacial score (nSPS) is 16.2. The number of aryl methyl sites for hydroxylation is 2. The number of nitrogens with zero attached hydrogens (tertiary/aromatic N) is 1. The maximum Gasteiger partial charge on any atom is 0.254 e. The molecule has 1 aromatic rings. The Labute approximate surface area is 128 Å². The number of nitrogens with one attached hydrogen (secondary N) is 1. The molecule has 1 N–H and O–H groups in total. The van der Waals surface area contributed by atoms with Crippen LogP contribution in [0.15, 0.2) is 18.2 Å². The summed E-state index contributed by atoms with van der Waals surface area (Å²) in [5.41, 5.74) is 3.08. The number of amides is 1. The van der Waals surface area contributed by atoms with E-state index in [-0.39, 0.29) is 11.9 Å². The lowest BCUT2D eigenvalue weighted by atomic mass is 9.96. The molecule has 1 aliphatic heterocycles. The van der Waals surface area contributed by atoms with Gasteiger partial charge in [-0.15, -0.1) is 0 Å². The van der Waals surface area contributed by atoms with Crippen molar-refractivity contribution >= 4 is 5.91 Å². The van der Waals surface area contributed by atoms with E-state index in [1.54, 1.807) is 0 Å². The van der Waals surface area contributed by atoms with Crippen LogP contribution in [-0.4, -0.2) is 36.5 Å². The van der Waals surface area contributed by atoms with Crippen molar-refractivity contribution in [3.8, 4) is 0 Å². The minimum atomic E-state index is 0.185. The Bertz CT molecular complexity index is 490. The molecule has 1 saturated heterocycles. The van der Waals surface area contributed by atoms with Gasteiger partial charge in [0.25, 0.3) is 5.91 Å². The Kier molecular flexibility index (Phi) is 5.40. The van der Waals surface area contributed by atoms with E-state index in [9.17, 15) is 4.79 Å². The number of rotatable bonds is 4. The van der Waals surface area contributed by atoms with E-state index in [1.165, 1.54) is 12.8 Å². The van der Waals surface area contributed by atoms with E-state index in [2.05, 4.69) is 30.1 Å². The van der Waals surface area contributed by atoms with E-state index in [0.717, 1.165) is 36.3 Å². The van der Waals surface area contributed by atoms with Crippen molar-refractivity contribution in [1.29, 1.82) is 0 Å². The molecule has 1 aliphatic rings. The van der Waals surface area contributed by atoms with Crippen LogP contribution in [0.25, 0.3) is 0 Å². The second-order valence-corrected chi connectivity index (χ2v) is 6.56. The van der Waals surface area contributed by atoms with Crippen LogP contribution in [0.4, 0.5) is 0 Å². The first-order chi connectivity index (χ1) is 9.99. The Balaban J connectivity index is 2.16. The Morgan fingerprint density at radius 3 is 2.57 bits per heavy atom. The summed E-state index contributed by atoms with van der Waals surface area (Å²) in [5, 5.41) is 3.39. The fourth-order valence-electron chi connectivity index (χ4n) is 2.99. The molecule has 0 spiro atoms. The summed E-state index contributed by atoms with van der Waals surface area (Å²) in [7, 11) is 0. The summed E-state index contributed by atoms with van der Waals surface area (Å²) in [6.45, 7) is 11.3. The van der Waals surface area contributed by atoms with Gasteiger partial charge in [-0.05, 0) is 71.2 Å². The van der Waals surface area contributed by atoms with Crippen LogP contribution >= 0.6 is 0 Å². The first-order valence-electron chi connectivity index (χ1n) is 8.08. The molecule has 116 valence electrons. The van der Waals surface area contributed by atoms with Crippen molar-refractivity contribution in [2.24, 2.45) is 5.92 Å². The predicted molar refractivity (Wildman–Crippen MR) is 87.7 cm³/mol. The van der Waals surface area contributed by atoms with Crippen molar-refractivity contribution in [2.75, 3.05) is 19.6 Å². The number of hydrogen-bond donors (Lipinski definition) is 1. The van der Waals surface area contributed by atoms with Crippen molar-refractivity contribution in [3.05, 3.63) is 34.9 Å². The van der Waals surface area contributed by atoms with Crippen molar-refractivity contribution in [1.82, 2.24) is 10.2 Å². The highest BCUT2D eigenvalue weighted by atomic mass is 16.2. The van der Waals surface area contributed by atoms with Crippen molar-refractivity contribution in [3.63, 3.8) is 0 Å². The SMILES string of the molecule is Cc1ccc(C)c(C(=O)N(CC2CCNCC2)C(C)C)c1. The van der Waals surface area contributed by atoms with Gasteiger partial charge in [-0.2, -0.15) is 0 Å². The number of hydrogen-bond acceptors (Lipinski definition) is 2. The molecule has 1 aromatic carbocycles. The maximum absolute atomic E-state index is 12.9. The van der Waals surface area contributed by atoms with Gasteiger partial charge < -0.3 is 10.2 Å². The monoisotopic (exact) mass is 288 g/mol. The summed E-state index contributed by atoms with van der Waals surface area (Å²) in [4.78, 5) is 15.0. The standard InChI is InChI=1S/C18H28N2O/c1-13(2)20(12-16-7-9-19-10-8-16)18(21)17-11-14(3)5-6-15(17)4/h5-6,11,13,16,19H,7-10,12H2,1-4H3. The fraction of sp³-hybridized carbons (Fsp3) is 0.611. The number of benzene rings is 1. The minimum absolute atomic E-state index is 0.185. The van der Waals surface area contributed by atoms with Gasteiger partial charge in [0.15, 0.2) is 0 Å². The zero-order valence-corrected chi connectivity index (χ0v) is 13.8. The molecule has 2 rings (SSSR count). The number of carbonyl (C=O) groups is 1. The van der Waals surface area contributed by atoms with Gasteiger partial charge in [-0.3, -0.25) is 4.79 Å². The van der Waals surface area contributed by atoms with Crippen LogP contribution in [0.2, 0.25) is 0 Å². The summed E-state index contributed by atoms with van der Waals surface area (Å²) in [5.74, 6) is 0.812. The predicted octanol–water partition coefficient (Wildman–Crippen LogP) is 3.15. The lowest BCUT2D eigenvalue weighted by molar-refractivity contribution is 0.0657. The number of carbonyl (C=O) groups excluding carboxylic acids is 1. The molecule has 3 nitrogen and oxygen atoms in total. The van der Waals surface area contributed by atoms with Gasteiger partial charge in [0, 0.05) is 18.2 Å². The van der Waals surface area contributed by atoms with Gasteiger partial charge in [0.2, 0.25) is 0 Å². The van der Waals surface area contributed by atoms with Crippen molar-refractivity contribution in [2.45, 2.75) is 46.6 Å². The first-order valence-corrected chi connectivity index (χ1v) is 8.08. The Hall–Kier alpha value is -1.35.